The van der Waals surface area contributed by atoms with E-state index in [9.17, 15) is 9.18 Å². The monoisotopic (exact) mass is 226 g/mol. The highest BCUT2D eigenvalue weighted by Crippen LogP contribution is 2.29. The average Bonchev–Trinajstić information content (AvgIpc) is 3.02. The van der Waals surface area contributed by atoms with E-state index in [4.69, 9.17) is 4.74 Å². The molecule has 0 radical (unpaired) electrons. The van der Waals surface area contributed by atoms with Crippen LogP contribution in [-0.2, 0) is 4.74 Å². The minimum atomic E-state index is -0.433. The maximum atomic E-state index is 12.9. The summed E-state index contributed by atoms with van der Waals surface area (Å²) in [7, 11) is 0. The lowest BCUT2D eigenvalue weighted by molar-refractivity contribution is 0.0485. The zero-order chi connectivity index (χ0) is 10.8. The van der Waals surface area contributed by atoms with Gasteiger partial charge < -0.3 is 4.74 Å². The molecule has 15 heavy (non-hydrogen) atoms. The number of rotatable bonds is 3. The highest BCUT2D eigenvalue weighted by atomic mass is 32.1. The van der Waals surface area contributed by atoms with Gasteiger partial charge in [-0.2, -0.15) is 0 Å². The number of hydrogen-bond acceptors (Lipinski definition) is 3. The van der Waals surface area contributed by atoms with E-state index in [2.05, 4.69) is 12.6 Å². The summed E-state index contributed by atoms with van der Waals surface area (Å²) in [5.74, 6) is -0.306. The van der Waals surface area contributed by atoms with Gasteiger partial charge in [-0.3, -0.25) is 0 Å². The molecule has 0 saturated heterocycles. The maximum Gasteiger partial charge on any atom is 0.338 e. The normalized spacial score (nSPS) is 15.1. The Bertz CT molecular complexity index is 388. The maximum absolute atomic E-state index is 12.9. The molecule has 2 rings (SSSR count). The number of thiol groups is 1. The van der Waals surface area contributed by atoms with Crippen molar-refractivity contribution in [2.45, 2.75) is 17.7 Å². The first-order chi connectivity index (χ1) is 7.16. The summed E-state index contributed by atoms with van der Waals surface area (Å²) >= 11 is 3.90. The van der Waals surface area contributed by atoms with Crippen molar-refractivity contribution in [1.29, 1.82) is 0 Å². The van der Waals surface area contributed by atoms with Gasteiger partial charge in [0.05, 0.1) is 12.2 Å². The van der Waals surface area contributed by atoms with Gasteiger partial charge in [-0.25, -0.2) is 9.18 Å². The van der Waals surface area contributed by atoms with Crippen molar-refractivity contribution in [1.82, 2.24) is 0 Å². The number of carbonyl (C=O) groups excluding carboxylic acids is 1. The van der Waals surface area contributed by atoms with Crippen molar-refractivity contribution in [3.05, 3.63) is 29.6 Å². The van der Waals surface area contributed by atoms with Gasteiger partial charge in [0, 0.05) is 4.90 Å². The Labute approximate surface area is 92.8 Å². The molecule has 0 bridgehead atoms. The van der Waals surface area contributed by atoms with Crippen molar-refractivity contribution in [3.63, 3.8) is 0 Å². The molecule has 0 aromatic heterocycles. The van der Waals surface area contributed by atoms with Gasteiger partial charge in [0.25, 0.3) is 0 Å². The fraction of sp³-hybridized carbons (Fsp3) is 0.364. The molecule has 1 aromatic rings. The second-order valence-corrected chi connectivity index (χ2v) is 4.19. The molecule has 1 fully saturated rings. The van der Waals surface area contributed by atoms with E-state index in [0.29, 0.717) is 18.1 Å². The molecule has 80 valence electrons. The van der Waals surface area contributed by atoms with Crippen LogP contribution < -0.4 is 0 Å². The average molecular weight is 226 g/mol. The summed E-state index contributed by atoms with van der Waals surface area (Å²) in [6.45, 7) is 0.470. The molecule has 0 spiro atoms. The second-order valence-electron chi connectivity index (χ2n) is 3.71. The minimum Gasteiger partial charge on any atom is -0.462 e. The molecule has 0 heterocycles. The van der Waals surface area contributed by atoms with Crippen LogP contribution in [0.25, 0.3) is 0 Å². The van der Waals surface area contributed by atoms with Crippen molar-refractivity contribution in [2.24, 2.45) is 5.92 Å². The van der Waals surface area contributed by atoms with E-state index in [1.807, 2.05) is 0 Å². The van der Waals surface area contributed by atoms with Crippen LogP contribution in [0.15, 0.2) is 23.1 Å². The van der Waals surface area contributed by atoms with Gasteiger partial charge in [-0.15, -0.1) is 12.6 Å². The summed E-state index contributed by atoms with van der Waals surface area (Å²) in [6, 6.07) is 4.01. The van der Waals surface area contributed by atoms with Crippen molar-refractivity contribution in [3.8, 4) is 0 Å². The Balaban J connectivity index is 2.00. The second kappa shape index (κ2) is 4.23. The number of esters is 1. The Hall–Kier alpha value is -1.03. The Morgan fingerprint density at radius 3 is 2.87 bits per heavy atom. The van der Waals surface area contributed by atoms with Crippen LogP contribution in [-0.4, -0.2) is 12.6 Å². The molecule has 1 aromatic carbocycles. The largest absolute Gasteiger partial charge is 0.462 e. The third-order valence-corrected chi connectivity index (χ3v) is 2.67. The third kappa shape index (κ3) is 2.72. The Morgan fingerprint density at radius 2 is 2.27 bits per heavy atom. The number of carbonyl (C=O) groups is 1. The van der Waals surface area contributed by atoms with E-state index in [1.165, 1.54) is 18.2 Å². The highest BCUT2D eigenvalue weighted by Gasteiger charge is 2.23. The minimum absolute atomic E-state index is 0.163. The summed E-state index contributed by atoms with van der Waals surface area (Å²) in [5, 5.41) is 0. The lowest BCUT2D eigenvalue weighted by Gasteiger charge is -2.04. The van der Waals surface area contributed by atoms with E-state index < -0.39 is 11.8 Å². The van der Waals surface area contributed by atoms with Crippen LogP contribution in [0.2, 0.25) is 0 Å². The third-order valence-electron chi connectivity index (χ3n) is 2.33. The molecule has 2 nitrogen and oxygen atoms in total. The fourth-order valence-electron chi connectivity index (χ4n) is 1.20. The quantitative estimate of drug-likeness (QED) is 0.633. The van der Waals surface area contributed by atoms with Crippen molar-refractivity contribution >= 4 is 18.6 Å². The van der Waals surface area contributed by atoms with Crippen LogP contribution in [0.1, 0.15) is 23.2 Å². The summed E-state index contributed by atoms with van der Waals surface area (Å²) in [6.07, 6.45) is 2.27. The first-order valence-electron chi connectivity index (χ1n) is 4.82. The van der Waals surface area contributed by atoms with Gasteiger partial charge in [0.2, 0.25) is 0 Å². The molecule has 0 unspecified atom stereocenters. The standard InChI is InChI=1S/C11H11FO2S/c12-9-4-3-8(5-10(9)15)11(13)14-6-7-1-2-7/h3-5,7,15H,1-2,6H2. The van der Waals surface area contributed by atoms with Crippen LogP contribution in [0.3, 0.4) is 0 Å². The summed E-state index contributed by atoms with van der Waals surface area (Å²) in [5.41, 5.74) is 0.349. The summed E-state index contributed by atoms with van der Waals surface area (Å²) in [4.78, 5) is 11.6. The highest BCUT2D eigenvalue weighted by molar-refractivity contribution is 7.80. The van der Waals surface area contributed by atoms with Crippen LogP contribution in [0.5, 0.6) is 0 Å². The molecular formula is C11H11FO2S. The van der Waals surface area contributed by atoms with Gasteiger partial charge in [-0.05, 0) is 37.0 Å². The zero-order valence-corrected chi connectivity index (χ0v) is 8.97. The van der Waals surface area contributed by atoms with Gasteiger partial charge in [0.1, 0.15) is 5.82 Å². The molecule has 0 aliphatic heterocycles. The molecule has 0 amide bonds. The zero-order valence-electron chi connectivity index (χ0n) is 8.07. The van der Waals surface area contributed by atoms with E-state index >= 15 is 0 Å². The summed E-state index contributed by atoms with van der Waals surface area (Å²) < 4.78 is 17.9. The smallest absolute Gasteiger partial charge is 0.338 e. The van der Waals surface area contributed by atoms with Crippen LogP contribution in [0.4, 0.5) is 4.39 Å². The molecule has 1 aliphatic carbocycles. The molecular weight excluding hydrogens is 215 g/mol. The number of hydrogen-bond donors (Lipinski definition) is 1. The van der Waals surface area contributed by atoms with Crippen molar-refractivity contribution < 1.29 is 13.9 Å². The van der Waals surface area contributed by atoms with Crippen LogP contribution >= 0.6 is 12.6 Å². The molecule has 1 aliphatic rings. The number of benzene rings is 1. The fourth-order valence-corrected chi connectivity index (χ4v) is 1.41. The lowest BCUT2D eigenvalue weighted by Crippen LogP contribution is -2.07. The number of ether oxygens (including phenoxy) is 1. The van der Waals surface area contributed by atoms with E-state index in [1.54, 1.807) is 0 Å². The SMILES string of the molecule is O=C(OCC1CC1)c1ccc(F)c(S)c1. The topological polar surface area (TPSA) is 26.3 Å². The predicted octanol–water partition coefficient (Wildman–Crippen LogP) is 2.68. The molecule has 1 saturated carbocycles. The number of halogens is 1. The Kier molecular flexibility index (Phi) is 2.95. The lowest BCUT2D eigenvalue weighted by atomic mass is 10.2. The first kappa shape index (κ1) is 10.5. The molecule has 0 N–H and O–H groups in total. The van der Waals surface area contributed by atoms with Crippen LogP contribution in [0, 0.1) is 11.7 Å². The molecule has 4 heteroatoms. The van der Waals surface area contributed by atoms with E-state index in [0.717, 1.165) is 12.8 Å². The first-order valence-corrected chi connectivity index (χ1v) is 5.27. The Morgan fingerprint density at radius 1 is 1.53 bits per heavy atom. The van der Waals surface area contributed by atoms with Crippen molar-refractivity contribution in [2.75, 3.05) is 6.61 Å². The van der Waals surface area contributed by atoms with Gasteiger partial charge in [-0.1, -0.05) is 0 Å². The van der Waals surface area contributed by atoms with Gasteiger partial charge in [0.15, 0.2) is 0 Å². The van der Waals surface area contributed by atoms with Gasteiger partial charge >= 0.3 is 5.97 Å². The van der Waals surface area contributed by atoms with E-state index in [-0.39, 0.29) is 4.90 Å². The predicted molar refractivity (Wildman–Crippen MR) is 56.7 cm³/mol. The molecule has 0 atom stereocenters.